The maximum absolute atomic E-state index is 11.8. The first-order valence-corrected chi connectivity index (χ1v) is 7.23. The second-order valence-electron chi connectivity index (χ2n) is 5.16. The first-order chi connectivity index (χ1) is 10.5. The van der Waals surface area contributed by atoms with E-state index in [2.05, 4.69) is 10.6 Å². The molecule has 0 aromatic heterocycles. The van der Waals surface area contributed by atoms with Gasteiger partial charge in [0, 0.05) is 19.0 Å². The summed E-state index contributed by atoms with van der Waals surface area (Å²) in [4.78, 5) is 23.2. The molecule has 0 spiro atoms. The van der Waals surface area contributed by atoms with Gasteiger partial charge in [-0.05, 0) is 17.7 Å². The van der Waals surface area contributed by atoms with E-state index in [-0.39, 0.29) is 24.2 Å². The summed E-state index contributed by atoms with van der Waals surface area (Å²) in [5.74, 6) is 1.04. The Bertz CT molecular complexity index is 515. The van der Waals surface area contributed by atoms with Crippen molar-refractivity contribution in [3.63, 3.8) is 0 Å². The number of benzene rings is 1. The Morgan fingerprint density at radius 1 is 1.05 bits per heavy atom. The average molecular weight is 308 g/mol. The molecule has 1 aromatic carbocycles. The van der Waals surface area contributed by atoms with Crippen LogP contribution in [0.3, 0.4) is 0 Å². The molecule has 1 aromatic rings. The summed E-state index contributed by atoms with van der Waals surface area (Å²) in [6.45, 7) is 4.48. The van der Waals surface area contributed by atoms with Crippen LogP contribution in [-0.4, -0.2) is 39.1 Å². The Morgan fingerprint density at radius 2 is 1.68 bits per heavy atom. The van der Waals surface area contributed by atoms with E-state index < -0.39 is 0 Å². The standard InChI is InChI=1S/C16H24N2O4/c1-11(2)16(20)18-8-7-17-15(19)10-12-5-6-13(21-3)14(9-12)22-4/h5-6,9,11H,7-8,10H2,1-4H3,(H,17,19)(H,18,20). The van der Waals surface area contributed by atoms with Crippen LogP contribution in [0.4, 0.5) is 0 Å². The van der Waals surface area contributed by atoms with Crippen LogP contribution in [-0.2, 0) is 16.0 Å². The van der Waals surface area contributed by atoms with Gasteiger partial charge in [-0.2, -0.15) is 0 Å². The second kappa shape index (κ2) is 8.92. The Hall–Kier alpha value is -2.24. The maximum atomic E-state index is 11.8. The molecule has 0 bridgehead atoms. The molecule has 122 valence electrons. The quantitative estimate of drug-likeness (QED) is 0.706. The van der Waals surface area contributed by atoms with Crippen LogP contribution >= 0.6 is 0 Å². The summed E-state index contributed by atoms with van der Waals surface area (Å²) >= 11 is 0. The molecule has 0 unspecified atom stereocenters. The molecule has 0 fully saturated rings. The van der Waals surface area contributed by atoms with E-state index in [0.29, 0.717) is 24.6 Å². The van der Waals surface area contributed by atoms with Crippen LogP contribution in [0.2, 0.25) is 0 Å². The van der Waals surface area contributed by atoms with Crippen molar-refractivity contribution in [1.29, 1.82) is 0 Å². The highest BCUT2D eigenvalue weighted by Crippen LogP contribution is 2.27. The Labute approximate surface area is 131 Å². The number of rotatable bonds is 8. The number of ether oxygens (including phenoxy) is 2. The molecule has 1 rings (SSSR count). The van der Waals surface area contributed by atoms with Gasteiger partial charge >= 0.3 is 0 Å². The molecule has 6 heteroatoms. The molecule has 2 amide bonds. The van der Waals surface area contributed by atoms with Crippen LogP contribution in [0.5, 0.6) is 11.5 Å². The molecule has 0 aliphatic carbocycles. The molecular formula is C16H24N2O4. The van der Waals surface area contributed by atoms with Crippen molar-refractivity contribution in [3.8, 4) is 11.5 Å². The molecule has 22 heavy (non-hydrogen) atoms. The van der Waals surface area contributed by atoms with Gasteiger partial charge in [0.05, 0.1) is 20.6 Å². The lowest BCUT2D eigenvalue weighted by Gasteiger charge is -2.10. The number of amides is 2. The molecule has 0 aliphatic rings. The van der Waals surface area contributed by atoms with Gasteiger partial charge in [-0.3, -0.25) is 9.59 Å². The molecule has 0 atom stereocenters. The monoisotopic (exact) mass is 308 g/mol. The minimum atomic E-state index is -0.106. The lowest BCUT2D eigenvalue weighted by atomic mass is 10.1. The fourth-order valence-electron chi connectivity index (χ4n) is 1.83. The third-order valence-corrected chi connectivity index (χ3v) is 3.08. The van der Waals surface area contributed by atoms with Gasteiger partial charge in [-0.25, -0.2) is 0 Å². The van der Waals surface area contributed by atoms with Crippen molar-refractivity contribution in [2.24, 2.45) is 5.92 Å². The zero-order valence-electron chi connectivity index (χ0n) is 13.6. The van der Waals surface area contributed by atoms with Crippen LogP contribution in [0, 0.1) is 5.92 Å². The minimum absolute atomic E-state index is 0.0193. The first kappa shape index (κ1) is 17.8. The molecule has 6 nitrogen and oxygen atoms in total. The van der Waals surface area contributed by atoms with Crippen molar-refractivity contribution in [2.75, 3.05) is 27.3 Å². The smallest absolute Gasteiger partial charge is 0.224 e. The predicted molar refractivity (Wildman–Crippen MR) is 84.1 cm³/mol. The van der Waals surface area contributed by atoms with Gasteiger partial charge in [0.25, 0.3) is 0 Å². The van der Waals surface area contributed by atoms with Crippen LogP contribution < -0.4 is 20.1 Å². The van der Waals surface area contributed by atoms with Crippen molar-refractivity contribution in [3.05, 3.63) is 23.8 Å². The Morgan fingerprint density at radius 3 is 2.27 bits per heavy atom. The van der Waals surface area contributed by atoms with Gasteiger partial charge in [0.2, 0.25) is 11.8 Å². The molecule has 0 saturated carbocycles. The number of nitrogens with one attached hydrogen (secondary N) is 2. The van der Waals surface area contributed by atoms with Crippen LogP contribution in [0.15, 0.2) is 18.2 Å². The van der Waals surface area contributed by atoms with E-state index in [1.54, 1.807) is 26.4 Å². The SMILES string of the molecule is COc1ccc(CC(=O)NCCNC(=O)C(C)C)cc1OC. The molecular weight excluding hydrogens is 284 g/mol. The highest BCUT2D eigenvalue weighted by atomic mass is 16.5. The van der Waals surface area contributed by atoms with Crippen LogP contribution in [0.25, 0.3) is 0 Å². The zero-order chi connectivity index (χ0) is 16.5. The molecule has 2 N–H and O–H groups in total. The number of carbonyl (C=O) groups is 2. The minimum Gasteiger partial charge on any atom is -0.493 e. The fraction of sp³-hybridized carbons (Fsp3) is 0.500. The predicted octanol–water partition coefficient (Wildman–Crippen LogP) is 1.13. The van der Waals surface area contributed by atoms with Crippen LogP contribution in [0.1, 0.15) is 19.4 Å². The lowest BCUT2D eigenvalue weighted by Crippen LogP contribution is -2.36. The number of carbonyl (C=O) groups excluding carboxylic acids is 2. The highest BCUT2D eigenvalue weighted by Gasteiger charge is 2.09. The largest absolute Gasteiger partial charge is 0.493 e. The van der Waals surface area contributed by atoms with Gasteiger partial charge in [-0.1, -0.05) is 19.9 Å². The number of hydrogen-bond donors (Lipinski definition) is 2. The zero-order valence-corrected chi connectivity index (χ0v) is 13.6. The Kier molecular flexibility index (Phi) is 7.22. The van der Waals surface area contributed by atoms with Gasteiger partial charge in [-0.15, -0.1) is 0 Å². The van der Waals surface area contributed by atoms with Crippen molar-refractivity contribution in [1.82, 2.24) is 10.6 Å². The van der Waals surface area contributed by atoms with E-state index in [0.717, 1.165) is 5.56 Å². The normalized spacial score (nSPS) is 10.2. The molecule has 0 radical (unpaired) electrons. The lowest BCUT2D eigenvalue weighted by molar-refractivity contribution is -0.124. The summed E-state index contributed by atoms with van der Waals surface area (Å²) in [6.07, 6.45) is 0.248. The van der Waals surface area contributed by atoms with E-state index in [9.17, 15) is 9.59 Å². The van der Waals surface area contributed by atoms with Crippen molar-refractivity contribution in [2.45, 2.75) is 20.3 Å². The Balaban J connectivity index is 2.40. The topological polar surface area (TPSA) is 76.7 Å². The fourth-order valence-corrected chi connectivity index (χ4v) is 1.83. The van der Waals surface area contributed by atoms with E-state index in [1.807, 2.05) is 19.9 Å². The summed E-state index contributed by atoms with van der Waals surface area (Å²) in [5, 5.41) is 5.51. The van der Waals surface area contributed by atoms with Gasteiger partial charge in [0.1, 0.15) is 0 Å². The summed E-state index contributed by atoms with van der Waals surface area (Å²) in [5.41, 5.74) is 0.835. The van der Waals surface area contributed by atoms with E-state index in [4.69, 9.17) is 9.47 Å². The first-order valence-electron chi connectivity index (χ1n) is 7.23. The van der Waals surface area contributed by atoms with Gasteiger partial charge in [0.15, 0.2) is 11.5 Å². The molecule has 0 saturated heterocycles. The second-order valence-corrected chi connectivity index (χ2v) is 5.16. The summed E-state index contributed by atoms with van der Waals surface area (Å²) < 4.78 is 10.4. The third-order valence-electron chi connectivity index (χ3n) is 3.08. The third kappa shape index (κ3) is 5.63. The van der Waals surface area contributed by atoms with Gasteiger partial charge < -0.3 is 20.1 Å². The van der Waals surface area contributed by atoms with E-state index >= 15 is 0 Å². The highest BCUT2D eigenvalue weighted by molar-refractivity contribution is 5.79. The summed E-state index contributed by atoms with van der Waals surface area (Å²) in [7, 11) is 3.12. The van der Waals surface area contributed by atoms with E-state index in [1.165, 1.54) is 0 Å². The number of methoxy groups -OCH3 is 2. The molecule has 0 aliphatic heterocycles. The van der Waals surface area contributed by atoms with Crippen molar-refractivity contribution < 1.29 is 19.1 Å². The number of hydrogen-bond acceptors (Lipinski definition) is 4. The van der Waals surface area contributed by atoms with Crippen molar-refractivity contribution >= 4 is 11.8 Å². The average Bonchev–Trinajstić information content (AvgIpc) is 2.50. The summed E-state index contributed by atoms with van der Waals surface area (Å²) in [6, 6.07) is 5.37. The maximum Gasteiger partial charge on any atom is 0.224 e. The molecule has 0 heterocycles.